The lowest BCUT2D eigenvalue weighted by atomic mass is 10.0. The second-order valence-electron chi connectivity index (χ2n) is 7.02. The summed E-state index contributed by atoms with van der Waals surface area (Å²) >= 11 is 5.96. The highest BCUT2D eigenvalue weighted by Gasteiger charge is 2.20. The van der Waals surface area contributed by atoms with Crippen LogP contribution < -0.4 is 5.32 Å². The van der Waals surface area contributed by atoms with Crippen LogP contribution in [-0.2, 0) is 0 Å². The zero-order valence-corrected chi connectivity index (χ0v) is 17.3. The van der Waals surface area contributed by atoms with E-state index in [1.54, 1.807) is 6.92 Å². The number of benzene rings is 2. The summed E-state index contributed by atoms with van der Waals surface area (Å²) in [5.41, 5.74) is 4.84. The normalized spacial score (nSPS) is 13.6. The number of hydrogen-bond acceptors (Lipinski definition) is 2. The quantitative estimate of drug-likeness (QED) is 0.532. The predicted octanol–water partition coefficient (Wildman–Crippen LogP) is 6.26. The number of hydrogen-bond donors (Lipinski definition) is 2. The van der Waals surface area contributed by atoms with Crippen LogP contribution in [0.5, 0.6) is 0 Å². The highest BCUT2D eigenvalue weighted by Crippen LogP contribution is 2.33. The standard InChI is InChI=1S/C20H19ClN2.C3H7NO2/c21-18-11-9-16(10-12-18)15-5-7-17(8-6-15)20-13-14-22-23(20)19-3-1-2-4-19;1-2-4-3(5)6/h5-14,19H,1-4H2;4H,2H2,1H3,(H,5,6). The number of aromatic nitrogens is 2. The minimum Gasteiger partial charge on any atom is -0.465 e. The molecule has 1 fully saturated rings. The largest absolute Gasteiger partial charge is 0.465 e. The number of carbonyl (C=O) groups is 1. The number of nitrogens with zero attached hydrogens (tertiary/aromatic N) is 2. The molecule has 3 aromatic rings. The molecule has 1 aromatic heterocycles. The first-order valence-electron chi connectivity index (χ1n) is 9.95. The van der Waals surface area contributed by atoms with Gasteiger partial charge in [0.15, 0.2) is 0 Å². The summed E-state index contributed by atoms with van der Waals surface area (Å²) in [5, 5.41) is 15.3. The molecule has 2 N–H and O–H groups in total. The molecule has 6 heteroatoms. The monoisotopic (exact) mass is 411 g/mol. The summed E-state index contributed by atoms with van der Waals surface area (Å²) in [7, 11) is 0. The van der Waals surface area contributed by atoms with Crippen LogP contribution in [0.15, 0.2) is 60.8 Å². The van der Waals surface area contributed by atoms with Gasteiger partial charge in [-0.25, -0.2) is 4.79 Å². The third kappa shape index (κ3) is 5.61. The van der Waals surface area contributed by atoms with E-state index < -0.39 is 6.09 Å². The highest BCUT2D eigenvalue weighted by atomic mass is 35.5. The Morgan fingerprint density at radius 1 is 1.03 bits per heavy atom. The summed E-state index contributed by atoms with van der Waals surface area (Å²) in [6.07, 6.45) is 6.09. The van der Waals surface area contributed by atoms with E-state index in [0.29, 0.717) is 12.6 Å². The maximum atomic E-state index is 9.49. The third-order valence-corrected chi connectivity index (χ3v) is 5.28. The van der Waals surface area contributed by atoms with E-state index in [1.165, 1.54) is 48.1 Å². The van der Waals surface area contributed by atoms with Crippen LogP contribution in [0.2, 0.25) is 5.02 Å². The van der Waals surface area contributed by atoms with Gasteiger partial charge in [-0.2, -0.15) is 5.10 Å². The second kappa shape index (κ2) is 10.1. The smallest absolute Gasteiger partial charge is 0.404 e. The first-order valence-corrected chi connectivity index (χ1v) is 10.3. The molecule has 1 aliphatic rings. The van der Waals surface area contributed by atoms with Gasteiger partial charge in [0.1, 0.15) is 0 Å². The number of amides is 1. The van der Waals surface area contributed by atoms with Gasteiger partial charge in [-0.15, -0.1) is 0 Å². The van der Waals surface area contributed by atoms with E-state index in [0.717, 1.165) is 5.02 Å². The van der Waals surface area contributed by atoms with Gasteiger partial charge in [0.25, 0.3) is 0 Å². The second-order valence-corrected chi connectivity index (χ2v) is 7.46. The molecule has 0 atom stereocenters. The topological polar surface area (TPSA) is 67.2 Å². The fourth-order valence-corrected chi connectivity index (χ4v) is 3.74. The number of rotatable bonds is 4. The van der Waals surface area contributed by atoms with Gasteiger partial charge >= 0.3 is 6.09 Å². The van der Waals surface area contributed by atoms with Gasteiger partial charge in [0, 0.05) is 17.8 Å². The summed E-state index contributed by atoms with van der Waals surface area (Å²) in [4.78, 5) is 9.49. The molecule has 0 spiro atoms. The minimum atomic E-state index is -0.961. The van der Waals surface area contributed by atoms with Crippen LogP contribution in [0.4, 0.5) is 4.79 Å². The zero-order valence-electron chi connectivity index (χ0n) is 16.5. The molecular weight excluding hydrogens is 386 g/mol. The Labute approximate surface area is 176 Å². The van der Waals surface area contributed by atoms with E-state index in [1.807, 2.05) is 18.3 Å². The predicted molar refractivity (Wildman–Crippen MR) is 117 cm³/mol. The molecule has 1 heterocycles. The van der Waals surface area contributed by atoms with Gasteiger partial charge in [-0.3, -0.25) is 4.68 Å². The van der Waals surface area contributed by atoms with Crippen molar-refractivity contribution < 1.29 is 9.90 Å². The molecule has 5 nitrogen and oxygen atoms in total. The van der Waals surface area contributed by atoms with Crippen molar-refractivity contribution in [3.63, 3.8) is 0 Å². The molecular formula is C23H26ClN3O2. The Morgan fingerprint density at radius 2 is 1.59 bits per heavy atom. The van der Waals surface area contributed by atoms with Gasteiger partial charge < -0.3 is 10.4 Å². The molecule has 1 saturated carbocycles. The van der Waals surface area contributed by atoms with Crippen molar-refractivity contribution in [1.29, 1.82) is 0 Å². The first-order chi connectivity index (χ1) is 14.1. The maximum absolute atomic E-state index is 9.49. The van der Waals surface area contributed by atoms with Crippen molar-refractivity contribution in [2.24, 2.45) is 0 Å². The van der Waals surface area contributed by atoms with Crippen LogP contribution in [0, 0.1) is 0 Å². The third-order valence-electron chi connectivity index (χ3n) is 5.03. The number of nitrogens with one attached hydrogen (secondary N) is 1. The van der Waals surface area contributed by atoms with Crippen LogP contribution in [0.3, 0.4) is 0 Å². The molecule has 0 bridgehead atoms. The van der Waals surface area contributed by atoms with Gasteiger partial charge in [-0.1, -0.05) is 60.8 Å². The number of carboxylic acid groups (broad SMARTS) is 1. The molecule has 4 rings (SSSR count). The van der Waals surface area contributed by atoms with E-state index in [4.69, 9.17) is 16.7 Å². The van der Waals surface area contributed by atoms with Crippen LogP contribution in [0.25, 0.3) is 22.4 Å². The van der Waals surface area contributed by atoms with Crippen LogP contribution >= 0.6 is 11.6 Å². The fourth-order valence-electron chi connectivity index (χ4n) is 3.61. The van der Waals surface area contributed by atoms with E-state index >= 15 is 0 Å². The lowest BCUT2D eigenvalue weighted by Gasteiger charge is -2.14. The molecule has 152 valence electrons. The molecule has 0 saturated heterocycles. The van der Waals surface area contributed by atoms with Gasteiger partial charge in [0.2, 0.25) is 0 Å². The molecule has 0 aliphatic heterocycles. The summed E-state index contributed by atoms with van der Waals surface area (Å²) < 4.78 is 2.21. The maximum Gasteiger partial charge on any atom is 0.404 e. The Bertz CT molecular complexity index is 914. The summed E-state index contributed by atoms with van der Waals surface area (Å²) in [6, 6.07) is 19.4. The van der Waals surface area contributed by atoms with Crippen molar-refractivity contribution in [3.05, 3.63) is 65.8 Å². The molecule has 0 unspecified atom stereocenters. The fraction of sp³-hybridized carbons (Fsp3) is 0.304. The average Bonchev–Trinajstić information content (AvgIpc) is 3.41. The van der Waals surface area contributed by atoms with Crippen molar-refractivity contribution >= 4 is 17.7 Å². The summed E-state index contributed by atoms with van der Waals surface area (Å²) in [5.74, 6) is 0. The number of halogens is 1. The van der Waals surface area contributed by atoms with Gasteiger partial charge in [0.05, 0.1) is 11.7 Å². The van der Waals surface area contributed by atoms with Crippen molar-refractivity contribution in [2.75, 3.05) is 6.54 Å². The lowest BCUT2D eigenvalue weighted by Crippen LogP contribution is -2.19. The SMILES string of the molecule is CCNC(=O)O.Clc1ccc(-c2ccc(-c3ccnn3C3CCCC3)cc2)cc1. The van der Waals surface area contributed by atoms with E-state index in [-0.39, 0.29) is 0 Å². The Hall–Kier alpha value is -2.79. The lowest BCUT2D eigenvalue weighted by molar-refractivity contribution is 0.195. The van der Waals surface area contributed by atoms with Gasteiger partial charge in [-0.05, 0) is 54.7 Å². The highest BCUT2D eigenvalue weighted by molar-refractivity contribution is 6.30. The van der Waals surface area contributed by atoms with Crippen molar-refractivity contribution in [1.82, 2.24) is 15.1 Å². The Morgan fingerprint density at radius 3 is 2.10 bits per heavy atom. The van der Waals surface area contributed by atoms with Crippen molar-refractivity contribution in [3.8, 4) is 22.4 Å². The molecule has 29 heavy (non-hydrogen) atoms. The first kappa shape index (κ1) is 20.9. The minimum absolute atomic E-state index is 0.481. The van der Waals surface area contributed by atoms with Crippen LogP contribution in [-0.4, -0.2) is 27.5 Å². The molecule has 2 aromatic carbocycles. The Kier molecular flexibility index (Phi) is 7.30. The molecule has 1 amide bonds. The van der Waals surface area contributed by atoms with E-state index in [2.05, 4.69) is 57.6 Å². The average molecular weight is 412 g/mol. The van der Waals surface area contributed by atoms with Crippen molar-refractivity contribution in [2.45, 2.75) is 38.6 Å². The van der Waals surface area contributed by atoms with Crippen LogP contribution in [0.1, 0.15) is 38.6 Å². The molecule has 0 radical (unpaired) electrons. The zero-order chi connectivity index (χ0) is 20.6. The Balaban J connectivity index is 0.000000353. The summed E-state index contributed by atoms with van der Waals surface area (Å²) in [6.45, 7) is 2.21. The van der Waals surface area contributed by atoms with E-state index in [9.17, 15) is 4.79 Å². The molecule has 1 aliphatic carbocycles.